The number of ketones is 1. The third-order valence-corrected chi connectivity index (χ3v) is 6.15. The van der Waals surface area contributed by atoms with Gasteiger partial charge in [0.2, 0.25) is 5.91 Å². The molecular formula is C25H27NO5. The van der Waals surface area contributed by atoms with E-state index in [1.54, 1.807) is 6.07 Å². The van der Waals surface area contributed by atoms with E-state index in [0.29, 0.717) is 43.6 Å². The zero-order chi connectivity index (χ0) is 21.8. The van der Waals surface area contributed by atoms with Crippen LogP contribution in [0.15, 0.2) is 42.5 Å². The Balaban J connectivity index is 1.42. The number of aryl methyl sites for hydroxylation is 1. The Morgan fingerprint density at radius 1 is 1.10 bits per heavy atom. The van der Waals surface area contributed by atoms with Crippen molar-refractivity contribution in [2.75, 3.05) is 11.5 Å². The van der Waals surface area contributed by atoms with E-state index in [2.05, 4.69) is 12.1 Å². The maximum Gasteiger partial charge on any atom is 0.227 e. The first-order chi connectivity index (χ1) is 15.1. The maximum absolute atomic E-state index is 12.8. The van der Waals surface area contributed by atoms with E-state index in [-0.39, 0.29) is 17.2 Å². The second kappa shape index (κ2) is 9.33. The van der Waals surface area contributed by atoms with Crippen LogP contribution in [0, 0.1) is 5.92 Å². The minimum atomic E-state index is -0.931. The van der Waals surface area contributed by atoms with E-state index < -0.39 is 17.7 Å². The zero-order valence-corrected chi connectivity index (χ0v) is 17.5. The second-order valence-electron chi connectivity index (χ2n) is 8.23. The Morgan fingerprint density at radius 3 is 2.68 bits per heavy atom. The van der Waals surface area contributed by atoms with Gasteiger partial charge in [0.25, 0.3) is 0 Å². The Hall–Kier alpha value is -3.15. The SMILES string of the molecule is O=CC1C(=O)c2c(O)cc(OCCCCCc3ccccc3)cc2N2C(=O)CCCC12. The van der Waals surface area contributed by atoms with Gasteiger partial charge in [0, 0.05) is 18.6 Å². The number of anilines is 1. The first kappa shape index (κ1) is 21.1. The lowest BCUT2D eigenvalue weighted by Crippen LogP contribution is -2.54. The number of amides is 1. The van der Waals surface area contributed by atoms with Crippen molar-refractivity contribution >= 4 is 23.7 Å². The Bertz CT molecular complexity index is 971. The van der Waals surface area contributed by atoms with Crippen molar-refractivity contribution in [1.82, 2.24) is 0 Å². The molecule has 1 saturated heterocycles. The van der Waals surface area contributed by atoms with Gasteiger partial charge in [-0.2, -0.15) is 0 Å². The molecule has 1 fully saturated rings. The first-order valence-corrected chi connectivity index (χ1v) is 11.0. The summed E-state index contributed by atoms with van der Waals surface area (Å²) in [5.41, 5.74) is 1.72. The van der Waals surface area contributed by atoms with Crippen LogP contribution in [0.4, 0.5) is 5.69 Å². The van der Waals surface area contributed by atoms with E-state index in [1.807, 2.05) is 18.2 Å². The number of hydrogen-bond acceptors (Lipinski definition) is 5. The molecule has 2 aliphatic heterocycles. The number of hydrogen-bond donors (Lipinski definition) is 1. The van der Waals surface area contributed by atoms with Crippen molar-refractivity contribution in [1.29, 1.82) is 0 Å². The highest BCUT2D eigenvalue weighted by Crippen LogP contribution is 2.44. The summed E-state index contributed by atoms with van der Waals surface area (Å²) in [7, 11) is 0. The molecule has 0 spiro atoms. The predicted octanol–water partition coefficient (Wildman–Crippen LogP) is 4.08. The van der Waals surface area contributed by atoms with Crippen LogP contribution in [0.1, 0.15) is 54.4 Å². The number of phenolic OH excluding ortho intramolecular Hbond substituents is 1. The number of aldehydes is 1. The van der Waals surface area contributed by atoms with Gasteiger partial charge in [0.1, 0.15) is 17.8 Å². The molecule has 0 saturated carbocycles. The summed E-state index contributed by atoms with van der Waals surface area (Å²) in [5.74, 6) is -1.31. The molecule has 0 bridgehead atoms. The minimum absolute atomic E-state index is 0.0406. The molecule has 0 aromatic heterocycles. The average Bonchev–Trinajstić information content (AvgIpc) is 2.77. The molecule has 0 radical (unpaired) electrons. The molecule has 6 heteroatoms. The standard InChI is InChI=1S/C25H27NO5/c27-16-19-20-11-7-12-23(29)26(20)21-14-18(15-22(28)24(21)25(19)30)31-13-6-2-5-10-17-8-3-1-4-9-17/h1,3-4,8-9,14-16,19-20,28H,2,5-7,10-13H2. The fraction of sp³-hybridized carbons (Fsp3) is 0.400. The fourth-order valence-electron chi connectivity index (χ4n) is 4.60. The minimum Gasteiger partial charge on any atom is -0.507 e. The number of piperidine rings is 1. The Morgan fingerprint density at radius 2 is 1.90 bits per heavy atom. The van der Waals surface area contributed by atoms with E-state index in [1.165, 1.54) is 16.5 Å². The summed E-state index contributed by atoms with van der Waals surface area (Å²) in [5, 5.41) is 10.5. The first-order valence-electron chi connectivity index (χ1n) is 11.0. The van der Waals surface area contributed by atoms with Gasteiger partial charge in [-0.15, -0.1) is 0 Å². The summed E-state index contributed by atoms with van der Waals surface area (Å²) in [4.78, 5) is 38.5. The van der Waals surface area contributed by atoms with Crippen molar-refractivity contribution in [3.05, 3.63) is 53.6 Å². The van der Waals surface area contributed by atoms with E-state index in [9.17, 15) is 19.5 Å². The number of fused-ring (bicyclic) bond motifs is 3. The molecule has 1 amide bonds. The monoisotopic (exact) mass is 421 g/mol. The molecule has 2 atom stereocenters. The van der Waals surface area contributed by atoms with Crippen LogP contribution >= 0.6 is 0 Å². The fourth-order valence-corrected chi connectivity index (χ4v) is 4.60. The normalized spacial score (nSPS) is 20.2. The predicted molar refractivity (Wildman–Crippen MR) is 117 cm³/mol. The van der Waals surface area contributed by atoms with E-state index in [4.69, 9.17) is 4.74 Å². The molecule has 2 aromatic carbocycles. The quantitative estimate of drug-likeness (QED) is 0.394. The smallest absolute Gasteiger partial charge is 0.227 e. The zero-order valence-electron chi connectivity index (χ0n) is 17.5. The molecule has 2 aliphatic rings. The Kier molecular flexibility index (Phi) is 6.35. The van der Waals surface area contributed by atoms with Crippen molar-refractivity contribution in [2.24, 2.45) is 5.92 Å². The lowest BCUT2D eigenvalue weighted by Gasteiger charge is -2.42. The number of rotatable bonds is 8. The van der Waals surface area contributed by atoms with Crippen molar-refractivity contribution < 1.29 is 24.2 Å². The number of benzene rings is 2. The molecule has 4 rings (SSSR count). The number of phenols is 1. The number of ether oxygens (including phenoxy) is 1. The third kappa shape index (κ3) is 4.33. The van der Waals surface area contributed by atoms with Gasteiger partial charge < -0.3 is 19.5 Å². The van der Waals surface area contributed by atoms with Gasteiger partial charge in [-0.25, -0.2) is 0 Å². The number of unbranched alkanes of at least 4 members (excludes halogenated alkanes) is 2. The molecule has 2 aromatic rings. The number of nitrogens with zero attached hydrogens (tertiary/aromatic N) is 1. The maximum atomic E-state index is 12.8. The van der Waals surface area contributed by atoms with Crippen LogP contribution in [0.5, 0.6) is 11.5 Å². The number of carbonyl (C=O) groups excluding carboxylic acids is 3. The number of carbonyl (C=O) groups is 3. The summed E-state index contributed by atoms with van der Waals surface area (Å²) in [6, 6.07) is 12.9. The van der Waals surface area contributed by atoms with Gasteiger partial charge >= 0.3 is 0 Å². The lowest BCUT2D eigenvalue weighted by molar-refractivity contribution is -0.121. The lowest BCUT2D eigenvalue weighted by atomic mass is 9.80. The summed E-state index contributed by atoms with van der Waals surface area (Å²) < 4.78 is 5.83. The third-order valence-electron chi connectivity index (χ3n) is 6.15. The number of aromatic hydroxyl groups is 1. The van der Waals surface area contributed by atoms with Gasteiger partial charge in [-0.1, -0.05) is 30.3 Å². The molecular weight excluding hydrogens is 394 g/mol. The van der Waals surface area contributed by atoms with Gasteiger partial charge in [-0.05, 0) is 44.1 Å². The van der Waals surface area contributed by atoms with Crippen LogP contribution in [0.2, 0.25) is 0 Å². The summed E-state index contributed by atoms with van der Waals surface area (Å²) >= 11 is 0. The molecule has 31 heavy (non-hydrogen) atoms. The summed E-state index contributed by atoms with van der Waals surface area (Å²) in [6.07, 6.45) is 6.17. The van der Waals surface area contributed by atoms with Crippen molar-refractivity contribution in [2.45, 2.75) is 51.0 Å². The number of Topliss-reactive ketones (excluding diaryl/α,β-unsaturated/α-hetero) is 1. The van der Waals surface area contributed by atoms with E-state index in [0.717, 1.165) is 25.7 Å². The molecule has 6 nitrogen and oxygen atoms in total. The molecule has 1 N–H and O–H groups in total. The highest BCUT2D eigenvalue weighted by atomic mass is 16.5. The highest BCUT2D eigenvalue weighted by molar-refractivity contribution is 6.17. The van der Waals surface area contributed by atoms with Gasteiger partial charge in [0.15, 0.2) is 5.78 Å². The van der Waals surface area contributed by atoms with E-state index >= 15 is 0 Å². The average molecular weight is 421 g/mol. The highest BCUT2D eigenvalue weighted by Gasteiger charge is 2.45. The molecule has 2 heterocycles. The largest absolute Gasteiger partial charge is 0.507 e. The Labute approximate surface area is 181 Å². The van der Waals surface area contributed by atoms with Crippen LogP contribution in [-0.4, -0.2) is 35.7 Å². The molecule has 0 aliphatic carbocycles. The van der Waals surface area contributed by atoms with Crippen LogP contribution < -0.4 is 9.64 Å². The van der Waals surface area contributed by atoms with Gasteiger partial charge in [-0.3, -0.25) is 9.59 Å². The summed E-state index contributed by atoms with van der Waals surface area (Å²) in [6.45, 7) is 0.481. The van der Waals surface area contributed by atoms with Crippen molar-refractivity contribution in [3.8, 4) is 11.5 Å². The van der Waals surface area contributed by atoms with Crippen LogP contribution in [0.3, 0.4) is 0 Å². The van der Waals surface area contributed by atoms with Gasteiger partial charge in [0.05, 0.1) is 29.8 Å². The second-order valence-corrected chi connectivity index (χ2v) is 8.23. The molecule has 162 valence electrons. The van der Waals surface area contributed by atoms with Crippen molar-refractivity contribution in [3.63, 3.8) is 0 Å². The van der Waals surface area contributed by atoms with Crippen LogP contribution in [-0.2, 0) is 16.0 Å². The van der Waals surface area contributed by atoms with Crippen LogP contribution in [0.25, 0.3) is 0 Å². The molecule has 2 unspecified atom stereocenters. The topological polar surface area (TPSA) is 83.9 Å².